The van der Waals surface area contributed by atoms with Gasteiger partial charge in [-0.25, -0.2) is 13.2 Å². The normalized spacial score (nSPS) is 10.7. The van der Waals surface area contributed by atoms with E-state index < -0.39 is 17.5 Å². The Morgan fingerprint density at radius 1 is 1.17 bits per heavy atom. The van der Waals surface area contributed by atoms with Crippen molar-refractivity contribution < 1.29 is 18.0 Å². The first-order valence-electron chi connectivity index (χ1n) is 7.02. The molecule has 0 aliphatic heterocycles. The van der Waals surface area contributed by atoms with E-state index in [1.165, 1.54) is 18.5 Å². The second-order valence-electron chi connectivity index (χ2n) is 5.41. The number of nitrogens with one attached hydrogen (secondary N) is 2. The van der Waals surface area contributed by atoms with Crippen LogP contribution in [0.25, 0.3) is 0 Å². The minimum atomic E-state index is -1.56. The van der Waals surface area contributed by atoms with Gasteiger partial charge in [0, 0.05) is 12.7 Å². The predicted molar refractivity (Wildman–Crippen MR) is 81.0 cm³/mol. The summed E-state index contributed by atoms with van der Waals surface area (Å²) >= 11 is 0. The van der Waals surface area contributed by atoms with Gasteiger partial charge in [0.05, 0.1) is 23.1 Å². The molecule has 1 aromatic heterocycles. The Morgan fingerprint density at radius 3 is 2.61 bits per heavy atom. The van der Waals surface area contributed by atoms with Crippen LogP contribution in [0.1, 0.15) is 24.2 Å². The molecule has 0 saturated carbocycles. The van der Waals surface area contributed by atoms with Crippen molar-refractivity contribution in [3.63, 3.8) is 0 Å². The lowest BCUT2D eigenvalue weighted by Gasteiger charge is -2.10. The van der Waals surface area contributed by atoms with Gasteiger partial charge in [0.15, 0.2) is 17.5 Å². The van der Waals surface area contributed by atoms with Crippen LogP contribution in [0.15, 0.2) is 30.6 Å². The van der Waals surface area contributed by atoms with Crippen LogP contribution in [-0.4, -0.2) is 17.4 Å². The molecule has 0 saturated heterocycles. The Labute approximate surface area is 131 Å². The second kappa shape index (κ2) is 7.13. The van der Waals surface area contributed by atoms with Crippen molar-refractivity contribution in [1.82, 2.24) is 10.3 Å². The monoisotopic (exact) mass is 323 g/mol. The van der Waals surface area contributed by atoms with Gasteiger partial charge in [0.1, 0.15) is 0 Å². The maximum Gasteiger partial charge on any atom is 0.252 e. The smallest absolute Gasteiger partial charge is 0.252 e. The van der Waals surface area contributed by atoms with Crippen molar-refractivity contribution in [2.75, 3.05) is 11.9 Å². The van der Waals surface area contributed by atoms with Gasteiger partial charge in [-0.15, -0.1) is 0 Å². The van der Waals surface area contributed by atoms with Gasteiger partial charge in [-0.2, -0.15) is 0 Å². The molecule has 122 valence electrons. The fourth-order valence-electron chi connectivity index (χ4n) is 1.81. The number of carbonyl (C=O) groups excluding carboxylic acids is 1. The lowest BCUT2D eigenvalue weighted by molar-refractivity contribution is 0.0948. The highest BCUT2D eigenvalue weighted by Crippen LogP contribution is 2.23. The third kappa shape index (κ3) is 4.21. The number of benzene rings is 1. The van der Waals surface area contributed by atoms with Crippen molar-refractivity contribution in [3.05, 3.63) is 53.6 Å². The van der Waals surface area contributed by atoms with Crippen LogP contribution in [0.5, 0.6) is 0 Å². The zero-order valence-electron chi connectivity index (χ0n) is 12.7. The van der Waals surface area contributed by atoms with Gasteiger partial charge in [-0.3, -0.25) is 9.78 Å². The van der Waals surface area contributed by atoms with Crippen LogP contribution >= 0.6 is 0 Å². The van der Waals surface area contributed by atoms with Crippen molar-refractivity contribution in [3.8, 4) is 0 Å². The molecule has 1 heterocycles. The van der Waals surface area contributed by atoms with Crippen molar-refractivity contribution >= 4 is 17.3 Å². The zero-order valence-corrected chi connectivity index (χ0v) is 12.7. The number of carbonyl (C=O) groups is 1. The van der Waals surface area contributed by atoms with Crippen LogP contribution in [0.2, 0.25) is 0 Å². The third-order valence-corrected chi connectivity index (χ3v) is 2.99. The number of anilines is 2. The number of aromatic nitrogens is 1. The first-order valence-corrected chi connectivity index (χ1v) is 7.02. The molecule has 23 heavy (non-hydrogen) atoms. The van der Waals surface area contributed by atoms with Crippen molar-refractivity contribution in [1.29, 1.82) is 0 Å². The quantitative estimate of drug-likeness (QED) is 0.826. The molecule has 0 aliphatic carbocycles. The second-order valence-corrected chi connectivity index (χ2v) is 5.41. The molecule has 0 atom stereocenters. The summed E-state index contributed by atoms with van der Waals surface area (Å²) < 4.78 is 39.8. The molecule has 0 unspecified atom stereocenters. The lowest BCUT2D eigenvalue weighted by Crippen LogP contribution is -2.27. The number of pyridine rings is 1. The van der Waals surface area contributed by atoms with Crippen LogP contribution in [0.4, 0.5) is 24.5 Å². The van der Waals surface area contributed by atoms with Gasteiger partial charge in [-0.1, -0.05) is 13.8 Å². The highest BCUT2D eigenvalue weighted by molar-refractivity contribution is 5.94. The summed E-state index contributed by atoms with van der Waals surface area (Å²) in [6.07, 6.45) is 2.71. The van der Waals surface area contributed by atoms with Crippen LogP contribution in [0, 0.1) is 23.4 Å². The van der Waals surface area contributed by atoms with E-state index in [-0.39, 0.29) is 22.8 Å². The Kier molecular flexibility index (Phi) is 5.20. The molecule has 1 aromatic carbocycles. The standard InChI is InChI=1S/C16H16F3N3O/c1-9(2)6-21-16(23)10-5-11(8-20-7-10)22-13-4-3-12(17)14(18)15(13)19/h3-5,7-9,22H,6H2,1-2H3,(H,21,23). The average Bonchev–Trinajstić information content (AvgIpc) is 2.53. The van der Waals surface area contributed by atoms with Gasteiger partial charge < -0.3 is 10.6 Å². The lowest BCUT2D eigenvalue weighted by atomic mass is 10.2. The van der Waals surface area contributed by atoms with E-state index in [0.29, 0.717) is 12.5 Å². The maximum absolute atomic E-state index is 13.6. The van der Waals surface area contributed by atoms with Gasteiger partial charge in [0.2, 0.25) is 0 Å². The van der Waals surface area contributed by atoms with E-state index >= 15 is 0 Å². The highest BCUT2D eigenvalue weighted by atomic mass is 19.2. The summed E-state index contributed by atoms with van der Waals surface area (Å²) in [5, 5.41) is 5.30. The Hall–Kier alpha value is -2.57. The van der Waals surface area contributed by atoms with E-state index in [9.17, 15) is 18.0 Å². The number of halogens is 3. The first-order chi connectivity index (χ1) is 10.9. The Balaban J connectivity index is 2.17. The molecule has 4 nitrogen and oxygen atoms in total. The first kappa shape index (κ1) is 16.8. The summed E-state index contributed by atoms with van der Waals surface area (Å²) in [4.78, 5) is 15.8. The van der Waals surface area contributed by atoms with E-state index in [1.807, 2.05) is 13.8 Å². The number of rotatable bonds is 5. The molecule has 2 rings (SSSR count). The summed E-state index contributed by atoms with van der Waals surface area (Å²) in [5.41, 5.74) is 0.316. The summed E-state index contributed by atoms with van der Waals surface area (Å²) in [5.74, 6) is -4.19. The predicted octanol–water partition coefficient (Wildman–Crippen LogP) is 3.63. The number of nitrogens with zero attached hydrogens (tertiary/aromatic N) is 1. The summed E-state index contributed by atoms with van der Waals surface area (Å²) in [7, 11) is 0. The van der Waals surface area contributed by atoms with Crippen LogP contribution < -0.4 is 10.6 Å². The van der Waals surface area contributed by atoms with Crippen molar-refractivity contribution in [2.24, 2.45) is 5.92 Å². The van der Waals surface area contributed by atoms with Crippen LogP contribution in [-0.2, 0) is 0 Å². The molecule has 0 fully saturated rings. The molecule has 2 aromatic rings. The van der Waals surface area contributed by atoms with E-state index in [2.05, 4.69) is 15.6 Å². The molecular formula is C16H16F3N3O. The topological polar surface area (TPSA) is 54.0 Å². The molecule has 0 aliphatic rings. The Morgan fingerprint density at radius 2 is 1.91 bits per heavy atom. The third-order valence-electron chi connectivity index (χ3n) is 2.99. The van der Waals surface area contributed by atoms with Gasteiger partial charge in [-0.05, 0) is 24.1 Å². The van der Waals surface area contributed by atoms with Crippen molar-refractivity contribution in [2.45, 2.75) is 13.8 Å². The molecule has 0 bridgehead atoms. The molecule has 1 amide bonds. The molecule has 0 spiro atoms. The molecule has 2 N–H and O–H groups in total. The number of hydrogen-bond acceptors (Lipinski definition) is 3. The van der Waals surface area contributed by atoms with Gasteiger partial charge >= 0.3 is 0 Å². The van der Waals surface area contributed by atoms with Crippen LogP contribution in [0.3, 0.4) is 0 Å². The SMILES string of the molecule is CC(C)CNC(=O)c1cncc(Nc2ccc(F)c(F)c2F)c1. The van der Waals surface area contributed by atoms with E-state index in [0.717, 1.165) is 12.1 Å². The molecule has 7 heteroatoms. The zero-order chi connectivity index (χ0) is 17.0. The van der Waals surface area contributed by atoms with E-state index in [4.69, 9.17) is 0 Å². The van der Waals surface area contributed by atoms with Gasteiger partial charge in [0.25, 0.3) is 5.91 Å². The Bertz CT molecular complexity index is 720. The fourth-order valence-corrected chi connectivity index (χ4v) is 1.81. The number of amides is 1. The molecular weight excluding hydrogens is 307 g/mol. The number of hydrogen-bond donors (Lipinski definition) is 2. The maximum atomic E-state index is 13.6. The average molecular weight is 323 g/mol. The summed E-state index contributed by atoms with van der Waals surface area (Å²) in [6, 6.07) is 3.33. The van der Waals surface area contributed by atoms with E-state index in [1.54, 1.807) is 0 Å². The minimum absolute atomic E-state index is 0.245. The fraction of sp³-hybridized carbons (Fsp3) is 0.250. The molecule has 0 radical (unpaired) electrons. The highest BCUT2D eigenvalue weighted by Gasteiger charge is 2.14. The minimum Gasteiger partial charge on any atom is -0.352 e. The largest absolute Gasteiger partial charge is 0.352 e. The summed E-state index contributed by atoms with van der Waals surface area (Å²) in [6.45, 7) is 4.43.